The summed E-state index contributed by atoms with van der Waals surface area (Å²) < 4.78 is 7.30. The minimum absolute atomic E-state index is 0.0288. The van der Waals surface area contributed by atoms with Crippen LogP contribution >= 0.6 is 0 Å². The summed E-state index contributed by atoms with van der Waals surface area (Å²) >= 11 is 0. The zero-order valence-corrected chi connectivity index (χ0v) is 18.2. The van der Waals surface area contributed by atoms with E-state index in [0.29, 0.717) is 25.8 Å². The first-order valence-electron chi connectivity index (χ1n) is 10.6. The molecular weight excluding hydrogens is 392 g/mol. The van der Waals surface area contributed by atoms with Crippen LogP contribution in [0.4, 0.5) is 0 Å². The van der Waals surface area contributed by atoms with Crippen LogP contribution in [0.15, 0.2) is 48.5 Å². The number of carbonyl (C=O) groups excluding carboxylic acids is 2. The Morgan fingerprint density at radius 1 is 1.16 bits per heavy atom. The molecule has 4 rings (SSSR count). The minimum atomic E-state index is -0.295. The molecule has 0 spiro atoms. The number of aromatic nitrogens is 2. The Hall–Kier alpha value is -3.35. The molecule has 2 heterocycles. The number of rotatable bonds is 6. The van der Waals surface area contributed by atoms with Gasteiger partial charge in [0, 0.05) is 33.5 Å². The Morgan fingerprint density at radius 3 is 2.61 bits per heavy atom. The van der Waals surface area contributed by atoms with Gasteiger partial charge in [0.2, 0.25) is 11.8 Å². The van der Waals surface area contributed by atoms with Gasteiger partial charge in [0.25, 0.3) is 0 Å². The van der Waals surface area contributed by atoms with E-state index < -0.39 is 0 Å². The molecule has 31 heavy (non-hydrogen) atoms. The fourth-order valence-corrected chi connectivity index (χ4v) is 4.42. The van der Waals surface area contributed by atoms with Crippen molar-refractivity contribution in [2.75, 3.05) is 20.7 Å². The number of fused-ring (bicyclic) bond motifs is 1. The molecule has 2 aromatic carbocycles. The van der Waals surface area contributed by atoms with Gasteiger partial charge in [0.05, 0.1) is 30.1 Å². The molecule has 7 heteroatoms. The molecule has 1 aliphatic heterocycles. The minimum Gasteiger partial charge on any atom is -0.497 e. The predicted octanol–water partition coefficient (Wildman–Crippen LogP) is 2.85. The number of benzene rings is 2. The highest BCUT2D eigenvalue weighted by Crippen LogP contribution is 2.36. The predicted molar refractivity (Wildman–Crippen MR) is 119 cm³/mol. The molecule has 1 aromatic heterocycles. The van der Waals surface area contributed by atoms with Gasteiger partial charge in [-0.3, -0.25) is 9.59 Å². The average molecular weight is 421 g/mol. The Balaban J connectivity index is 1.46. The van der Waals surface area contributed by atoms with E-state index in [9.17, 15) is 9.59 Å². The summed E-state index contributed by atoms with van der Waals surface area (Å²) in [6.07, 6.45) is 1.57. The first-order valence-corrected chi connectivity index (χ1v) is 10.6. The largest absolute Gasteiger partial charge is 0.497 e. The van der Waals surface area contributed by atoms with Gasteiger partial charge >= 0.3 is 0 Å². The molecule has 1 saturated heterocycles. The number of nitrogens with zero attached hydrogens (tertiary/aromatic N) is 3. The van der Waals surface area contributed by atoms with Crippen LogP contribution in [0, 0.1) is 5.92 Å². The number of aryl methyl sites for hydroxylation is 1. The molecule has 162 valence electrons. The van der Waals surface area contributed by atoms with Crippen LogP contribution in [-0.2, 0) is 23.1 Å². The van der Waals surface area contributed by atoms with Gasteiger partial charge in [0.1, 0.15) is 11.6 Å². The van der Waals surface area contributed by atoms with Gasteiger partial charge < -0.3 is 19.5 Å². The van der Waals surface area contributed by atoms with E-state index in [1.165, 1.54) is 0 Å². The van der Waals surface area contributed by atoms with Crippen molar-refractivity contribution in [3.05, 3.63) is 59.9 Å². The zero-order chi connectivity index (χ0) is 22.0. The molecule has 3 aromatic rings. The second-order valence-electron chi connectivity index (χ2n) is 7.98. The highest BCUT2D eigenvalue weighted by molar-refractivity contribution is 5.85. The van der Waals surface area contributed by atoms with Crippen molar-refractivity contribution in [1.29, 1.82) is 0 Å². The molecular formula is C24H28N4O3. The fraction of sp³-hybridized carbons (Fsp3) is 0.375. The van der Waals surface area contributed by atoms with Gasteiger partial charge in [-0.2, -0.15) is 0 Å². The second kappa shape index (κ2) is 8.79. The zero-order valence-electron chi connectivity index (χ0n) is 18.2. The van der Waals surface area contributed by atoms with Gasteiger partial charge in [0.15, 0.2) is 0 Å². The summed E-state index contributed by atoms with van der Waals surface area (Å²) in [4.78, 5) is 31.8. The quantitative estimate of drug-likeness (QED) is 0.665. The lowest BCUT2D eigenvalue weighted by Gasteiger charge is -2.38. The monoisotopic (exact) mass is 420 g/mol. The summed E-state index contributed by atoms with van der Waals surface area (Å²) in [7, 11) is 5.39. The summed E-state index contributed by atoms with van der Waals surface area (Å²) in [6.45, 7) is 0.499. The molecule has 1 aliphatic rings. The maximum atomic E-state index is 13.1. The molecule has 2 amide bonds. The van der Waals surface area contributed by atoms with Gasteiger partial charge in [-0.05, 0) is 36.2 Å². The number of amides is 2. The normalized spacial score (nSPS) is 18.9. The van der Waals surface area contributed by atoms with Crippen LogP contribution in [0.25, 0.3) is 11.0 Å². The third kappa shape index (κ3) is 4.13. The van der Waals surface area contributed by atoms with E-state index in [0.717, 1.165) is 28.2 Å². The summed E-state index contributed by atoms with van der Waals surface area (Å²) in [5.41, 5.74) is 2.97. The van der Waals surface area contributed by atoms with Gasteiger partial charge in [-0.25, -0.2) is 4.98 Å². The number of carbonyl (C=O) groups is 2. The number of nitrogens with one attached hydrogen (secondary N) is 1. The number of likely N-dealkylation sites (tertiary alicyclic amines) is 1. The van der Waals surface area contributed by atoms with Crippen molar-refractivity contribution < 1.29 is 14.3 Å². The van der Waals surface area contributed by atoms with Crippen LogP contribution < -0.4 is 10.1 Å². The molecule has 1 N–H and O–H groups in total. The number of methoxy groups -OCH3 is 1. The molecule has 7 nitrogen and oxygen atoms in total. The van der Waals surface area contributed by atoms with E-state index >= 15 is 0 Å². The number of hydrogen-bond acceptors (Lipinski definition) is 4. The van der Waals surface area contributed by atoms with Crippen LogP contribution in [0.2, 0.25) is 0 Å². The summed E-state index contributed by atoms with van der Waals surface area (Å²) in [6, 6.07) is 15.3. The van der Waals surface area contributed by atoms with E-state index in [-0.39, 0.29) is 23.8 Å². The fourth-order valence-electron chi connectivity index (χ4n) is 4.42. The molecule has 0 radical (unpaired) electrons. The maximum absolute atomic E-state index is 13.1. The number of para-hydroxylation sites is 2. The Kier molecular flexibility index (Phi) is 5.93. The van der Waals surface area contributed by atoms with E-state index in [4.69, 9.17) is 4.74 Å². The lowest BCUT2D eigenvalue weighted by molar-refractivity contribution is -0.141. The first kappa shape index (κ1) is 20.9. The van der Waals surface area contributed by atoms with Crippen molar-refractivity contribution in [3.63, 3.8) is 0 Å². The van der Waals surface area contributed by atoms with E-state index in [2.05, 4.69) is 14.9 Å². The third-order valence-corrected chi connectivity index (χ3v) is 6.18. The number of hydrogen-bond donors (Lipinski definition) is 1. The molecule has 1 fully saturated rings. The number of ether oxygens (including phenoxy) is 1. The standard InChI is InChI=1S/C24H28N4O3/c1-27-20-7-5-4-6-19(20)26-21(27)14-15-25-24(30)18-12-13-22(29)28(2)23(18)16-8-10-17(31-3)11-9-16/h4-11,18,23H,12-15H2,1-3H3,(H,25,30). The molecule has 0 aliphatic carbocycles. The van der Waals surface area contributed by atoms with Crippen molar-refractivity contribution in [2.45, 2.75) is 25.3 Å². The lowest BCUT2D eigenvalue weighted by Crippen LogP contribution is -2.46. The van der Waals surface area contributed by atoms with Crippen molar-refractivity contribution in [2.24, 2.45) is 13.0 Å². The van der Waals surface area contributed by atoms with Crippen LogP contribution in [0.3, 0.4) is 0 Å². The summed E-state index contributed by atoms with van der Waals surface area (Å²) in [5.74, 6) is 1.42. The smallest absolute Gasteiger partial charge is 0.225 e. The second-order valence-corrected chi connectivity index (χ2v) is 7.98. The lowest BCUT2D eigenvalue weighted by atomic mass is 9.84. The Bertz CT molecular complexity index is 1090. The highest BCUT2D eigenvalue weighted by Gasteiger charge is 2.38. The van der Waals surface area contributed by atoms with Crippen molar-refractivity contribution in [1.82, 2.24) is 19.8 Å². The molecule has 0 saturated carbocycles. The highest BCUT2D eigenvalue weighted by atomic mass is 16.5. The SMILES string of the molecule is COc1ccc(C2C(C(=O)NCCc3nc4ccccc4n3C)CCC(=O)N2C)cc1. The summed E-state index contributed by atoms with van der Waals surface area (Å²) in [5, 5.41) is 3.08. The van der Waals surface area contributed by atoms with Crippen LogP contribution in [-0.4, -0.2) is 47.0 Å². The van der Waals surface area contributed by atoms with Crippen molar-refractivity contribution in [3.8, 4) is 5.75 Å². The van der Waals surface area contributed by atoms with E-state index in [1.807, 2.05) is 55.6 Å². The van der Waals surface area contributed by atoms with E-state index in [1.54, 1.807) is 19.1 Å². The molecule has 2 unspecified atom stereocenters. The third-order valence-electron chi connectivity index (χ3n) is 6.18. The number of piperidine rings is 1. The van der Waals surface area contributed by atoms with Gasteiger partial charge in [-0.1, -0.05) is 24.3 Å². The Morgan fingerprint density at radius 2 is 1.90 bits per heavy atom. The number of imidazole rings is 1. The molecule has 2 atom stereocenters. The molecule has 0 bridgehead atoms. The van der Waals surface area contributed by atoms with Crippen LogP contribution in [0.1, 0.15) is 30.3 Å². The van der Waals surface area contributed by atoms with Crippen LogP contribution in [0.5, 0.6) is 5.75 Å². The maximum Gasteiger partial charge on any atom is 0.225 e. The van der Waals surface area contributed by atoms with Crippen molar-refractivity contribution >= 4 is 22.8 Å². The topological polar surface area (TPSA) is 76.5 Å². The Labute approximate surface area is 182 Å². The first-order chi connectivity index (χ1) is 15.0. The van der Waals surface area contributed by atoms with Gasteiger partial charge in [-0.15, -0.1) is 0 Å². The average Bonchev–Trinajstić information content (AvgIpc) is 3.11.